The molecule has 4 nitrogen and oxygen atoms in total. The van der Waals surface area contributed by atoms with Gasteiger partial charge in [0.15, 0.2) is 0 Å². The first-order valence-corrected chi connectivity index (χ1v) is 6.73. The maximum absolute atomic E-state index is 11.7. The first-order valence-electron chi connectivity index (χ1n) is 6.73. The van der Waals surface area contributed by atoms with Crippen molar-refractivity contribution in [3.8, 4) is 0 Å². The fourth-order valence-corrected chi connectivity index (χ4v) is 1.82. The van der Waals surface area contributed by atoms with Gasteiger partial charge >= 0.3 is 6.03 Å². The second kappa shape index (κ2) is 7.79. The average molecular weight is 263 g/mol. The number of nitrogens with one attached hydrogen (secondary N) is 2. The van der Waals surface area contributed by atoms with E-state index in [0.717, 1.165) is 0 Å². The third kappa shape index (κ3) is 5.75. The van der Waals surface area contributed by atoms with Crippen molar-refractivity contribution in [2.24, 2.45) is 5.92 Å². The molecule has 1 aromatic rings. The predicted octanol–water partition coefficient (Wildman–Crippen LogP) is 2.24. The molecule has 19 heavy (non-hydrogen) atoms. The molecule has 0 bridgehead atoms. The van der Waals surface area contributed by atoms with Crippen LogP contribution in [0.15, 0.2) is 30.3 Å². The van der Waals surface area contributed by atoms with Gasteiger partial charge in [-0.1, -0.05) is 44.2 Å². The molecular formula is C15H25N3O. The molecule has 0 aliphatic heterocycles. The number of benzene rings is 1. The summed E-state index contributed by atoms with van der Waals surface area (Å²) in [6.45, 7) is 5.45. The standard InChI is InChI=1S/C15H25N3O/c1-12(2)10-16-15(19)17-11-14(18(3)4)13-8-6-5-7-9-13/h5-9,12,14H,10-11H2,1-4H3,(H2,16,17,19). The van der Waals surface area contributed by atoms with Crippen LogP contribution in [0.1, 0.15) is 25.5 Å². The minimum Gasteiger partial charge on any atom is -0.338 e. The van der Waals surface area contributed by atoms with Crippen LogP contribution < -0.4 is 10.6 Å². The smallest absolute Gasteiger partial charge is 0.314 e. The maximum Gasteiger partial charge on any atom is 0.314 e. The van der Waals surface area contributed by atoms with Gasteiger partial charge in [-0.2, -0.15) is 0 Å². The number of hydrogen-bond acceptors (Lipinski definition) is 2. The fraction of sp³-hybridized carbons (Fsp3) is 0.533. The Morgan fingerprint density at radius 2 is 1.68 bits per heavy atom. The van der Waals surface area contributed by atoms with Gasteiger partial charge in [-0.15, -0.1) is 0 Å². The van der Waals surface area contributed by atoms with Gasteiger partial charge in [0.05, 0.1) is 6.04 Å². The number of hydrogen-bond donors (Lipinski definition) is 2. The fourth-order valence-electron chi connectivity index (χ4n) is 1.82. The van der Waals surface area contributed by atoms with Crippen LogP contribution in [0.3, 0.4) is 0 Å². The minimum atomic E-state index is -0.100. The molecule has 4 heteroatoms. The topological polar surface area (TPSA) is 44.4 Å². The van der Waals surface area contributed by atoms with Crippen molar-refractivity contribution in [2.45, 2.75) is 19.9 Å². The van der Waals surface area contributed by atoms with Gasteiger partial charge < -0.3 is 15.5 Å². The highest BCUT2D eigenvalue weighted by molar-refractivity contribution is 5.73. The van der Waals surface area contributed by atoms with E-state index in [1.807, 2.05) is 32.3 Å². The summed E-state index contributed by atoms with van der Waals surface area (Å²) < 4.78 is 0. The lowest BCUT2D eigenvalue weighted by molar-refractivity contribution is 0.231. The Morgan fingerprint density at radius 1 is 1.11 bits per heavy atom. The van der Waals surface area contributed by atoms with E-state index in [2.05, 4.69) is 41.5 Å². The van der Waals surface area contributed by atoms with E-state index < -0.39 is 0 Å². The van der Waals surface area contributed by atoms with Crippen LogP contribution in [0, 0.1) is 5.92 Å². The van der Waals surface area contributed by atoms with Gasteiger partial charge in [-0.05, 0) is 25.6 Å². The maximum atomic E-state index is 11.7. The highest BCUT2D eigenvalue weighted by Gasteiger charge is 2.14. The zero-order valence-electron chi connectivity index (χ0n) is 12.3. The number of likely N-dealkylation sites (N-methyl/N-ethyl adjacent to an activating group) is 1. The normalized spacial score (nSPS) is 12.5. The molecule has 1 unspecified atom stereocenters. The third-order valence-corrected chi connectivity index (χ3v) is 2.93. The monoisotopic (exact) mass is 263 g/mol. The van der Waals surface area contributed by atoms with Crippen molar-refractivity contribution in [3.05, 3.63) is 35.9 Å². The molecule has 0 saturated heterocycles. The Kier molecular flexibility index (Phi) is 6.36. The largest absolute Gasteiger partial charge is 0.338 e. The average Bonchev–Trinajstić information content (AvgIpc) is 2.37. The third-order valence-electron chi connectivity index (χ3n) is 2.93. The van der Waals surface area contributed by atoms with E-state index >= 15 is 0 Å². The molecule has 1 atom stereocenters. The molecule has 0 aliphatic carbocycles. The molecule has 106 valence electrons. The first kappa shape index (κ1) is 15.5. The molecule has 0 aliphatic rings. The van der Waals surface area contributed by atoms with Crippen molar-refractivity contribution in [2.75, 3.05) is 27.2 Å². The number of rotatable bonds is 6. The van der Waals surface area contributed by atoms with Crippen LogP contribution >= 0.6 is 0 Å². The second-order valence-corrected chi connectivity index (χ2v) is 5.37. The summed E-state index contributed by atoms with van der Waals surface area (Å²) in [5, 5.41) is 5.79. The van der Waals surface area contributed by atoms with Gasteiger partial charge in [-0.25, -0.2) is 4.79 Å². The molecule has 0 radical (unpaired) electrons. The van der Waals surface area contributed by atoms with Gasteiger partial charge in [0.25, 0.3) is 0 Å². The SMILES string of the molecule is CC(C)CNC(=O)NCC(c1ccccc1)N(C)C. The van der Waals surface area contributed by atoms with Gasteiger partial charge in [0.2, 0.25) is 0 Å². The Labute approximate surface area is 116 Å². The summed E-state index contributed by atoms with van der Waals surface area (Å²) in [5.74, 6) is 0.463. The number of nitrogens with zero attached hydrogens (tertiary/aromatic N) is 1. The number of urea groups is 1. The Bertz CT molecular complexity index is 376. The molecule has 0 spiro atoms. The zero-order chi connectivity index (χ0) is 14.3. The van der Waals surface area contributed by atoms with E-state index in [1.165, 1.54) is 5.56 Å². The van der Waals surface area contributed by atoms with E-state index in [9.17, 15) is 4.79 Å². The molecular weight excluding hydrogens is 238 g/mol. The number of amides is 2. The van der Waals surface area contributed by atoms with E-state index in [-0.39, 0.29) is 12.1 Å². The van der Waals surface area contributed by atoms with Crippen molar-refractivity contribution >= 4 is 6.03 Å². The Morgan fingerprint density at radius 3 is 2.21 bits per heavy atom. The van der Waals surface area contributed by atoms with Crippen LogP contribution in [0.4, 0.5) is 4.79 Å². The van der Waals surface area contributed by atoms with Crippen molar-refractivity contribution in [3.63, 3.8) is 0 Å². The van der Waals surface area contributed by atoms with E-state index in [4.69, 9.17) is 0 Å². The molecule has 0 saturated carbocycles. The van der Waals surface area contributed by atoms with E-state index in [0.29, 0.717) is 19.0 Å². The zero-order valence-corrected chi connectivity index (χ0v) is 12.3. The summed E-state index contributed by atoms with van der Waals surface area (Å²) in [6.07, 6.45) is 0. The number of carbonyl (C=O) groups is 1. The number of carbonyl (C=O) groups excluding carboxylic acids is 1. The summed E-state index contributed by atoms with van der Waals surface area (Å²) in [6, 6.07) is 10.3. The molecule has 0 aromatic heterocycles. The summed E-state index contributed by atoms with van der Waals surface area (Å²) in [4.78, 5) is 13.8. The predicted molar refractivity (Wildman–Crippen MR) is 79.1 cm³/mol. The van der Waals surface area contributed by atoms with Gasteiger partial charge in [-0.3, -0.25) is 0 Å². The van der Waals surface area contributed by atoms with Crippen molar-refractivity contribution < 1.29 is 4.79 Å². The van der Waals surface area contributed by atoms with Gasteiger partial charge in [0, 0.05) is 13.1 Å². The van der Waals surface area contributed by atoms with Crippen LogP contribution in [-0.2, 0) is 0 Å². The lowest BCUT2D eigenvalue weighted by Gasteiger charge is -2.25. The first-order chi connectivity index (χ1) is 9.00. The summed E-state index contributed by atoms with van der Waals surface area (Å²) >= 11 is 0. The van der Waals surface area contributed by atoms with Crippen LogP contribution in [0.25, 0.3) is 0 Å². The molecule has 0 heterocycles. The highest BCUT2D eigenvalue weighted by Crippen LogP contribution is 2.16. The van der Waals surface area contributed by atoms with E-state index in [1.54, 1.807) is 0 Å². The lowest BCUT2D eigenvalue weighted by atomic mass is 10.1. The molecule has 1 rings (SSSR count). The van der Waals surface area contributed by atoms with Gasteiger partial charge in [0.1, 0.15) is 0 Å². The van der Waals surface area contributed by atoms with Crippen molar-refractivity contribution in [1.82, 2.24) is 15.5 Å². The van der Waals surface area contributed by atoms with Crippen molar-refractivity contribution in [1.29, 1.82) is 0 Å². The molecule has 2 N–H and O–H groups in total. The van der Waals surface area contributed by atoms with Crippen LogP contribution in [0.2, 0.25) is 0 Å². The summed E-state index contributed by atoms with van der Waals surface area (Å²) in [5.41, 5.74) is 1.21. The molecule has 1 aromatic carbocycles. The second-order valence-electron chi connectivity index (χ2n) is 5.37. The van der Waals surface area contributed by atoms with Crippen LogP contribution in [0.5, 0.6) is 0 Å². The Hall–Kier alpha value is -1.55. The molecule has 2 amide bonds. The molecule has 0 fully saturated rings. The minimum absolute atomic E-state index is 0.100. The lowest BCUT2D eigenvalue weighted by Crippen LogP contribution is -2.41. The highest BCUT2D eigenvalue weighted by atomic mass is 16.2. The quantitative estimate of drug-likeness (QED) is 0.827. The van der Waals surface area contributed by atoms with Crippen LogP contribution in [-0.4, -0.2) is 38.1 Å². The Balaban J connectivity index is 2.49. The summed E-state index contributed by atoms with van der Waals surface area (Å²) in [7, 11) is 4.04.